The Kier molecular flexibility index (Phi) is 3.66. The van der Waals surface area contributed by atoms with Crippen LogP contribution in [0.15, 0.2) is 35.5 Å². The van der Waals surface area contributed by atoms with Gasteiger partial charge in [0.15, 0.2) is 11.3 Å². The molecule has 1 aromatic carbocycles. The maximum absolute atomic E-state index is 12.0. The Morgan fingerprint density at radius 3 is 2.81 bits per heavy atom. The first-order valence-electron chi connectivity index (χ1n) is 6.46. The van der Waals surface area contributed by atoms with Gasteiger partial charge in [-0.25, -0.2) is 15.0 Å². The Bertz CT molecular complexity index is 783. The Hall–Kier alpha value is -2.28. The summed E-state index contributed by atoms with van der Waals surface area (Å²) in [5.41, 5.74) is 1.91. The van der Waals surface area contributed by atoms with Crippen LogP contribution in [0.25, 0.3) is 22.7 Å². The molecular weight excluding hydrogens is 288 g/mol. The predicted molar refractivity (Wildman–Crippen MR) is 80.6 cm³/mol. The number of nitrogens with zero attached hydrogens (tertiary/aromatic N) is 3. The number of nitrogens with one attached hydrogen (secondary N) is 1. The lowest BCUT2D eigenvalue weighted by Crippen LogP contribution is -1.97. The third-order valence-electron chi connectivity index (χ3n) is 2.96. The van der Waals surface area contributed by atoms with Crippen LogP contribution in [0.1, 0.15) is 6.92 Å². The molecule has 0 fully saturated rings. The molecule has 3 rings (SSSR count). The van der Waals surface area contributed by atoms with E-state index in [-0.39, 0.29) is 0 Å². The lowest BCUT2D eigenvalue weighted by atomic mass is 10.2. The van der Waals surface area contributed by atoms with Gasteiger partial charge in [-0.3, -0.25) is 4.21 Å². The van der Waals surface area contributed by atoms with Gasteiger partial charge in [0.05, 0.1) is 22.3 Å². The minimum absolute atomic E-state index is 0.536. The van der Waals surface area contributed by atoms with Gasteiger partial charge < -0.3 is 9.72 Å². The van der Waals surface area contributed by atoms with Crippen LogP contribution in [0.5, 0.6) is 5.75 Å². The molecular formula is C14H14N4O2S. The van der Waals surface area contributed by atoms with Crippen LogP contribution in [-0.2, 0) is 10.8 Å². The van der Waals surface area contributed by atoms with Crippen molar-refractivity contribution in [2.24, 2.45) is 0 Å². The summed E-state index contributed by atoms with van der Waals surface area (Å²) in [6.07, 6.45) is 4.82. The Morgan fingerprint density at radius 2 is 2.10 bits per heavy atom. The number of benzene rings is 1. The standard InChI is InChI=1S/C14H14N4O2S/c1-3-20-9-4-5-10(11(8-9)21(2)19)12-17-13-14(18-12)16-7-6-15-13/h4-8H,3H2,1-2H3,(H,15,16,17,18). The number of rotatable bonds is 4. The molecule has 1 unspecified atom stereocenters. The quantitative estimate of drug-likeness (QED) is 0.798. The highest BCUT2D eigenvalue weighted by Gasteiger charge is 2.14. The summed E-state index contributed by atoms with van der Waals surface area (Å²) in [5, 5.41) is 0. The zero-order valence-corrected chi connectivity index (χ0v) is 12.5. The van der Waals surface area contributed by atoms with E-state index in [1.54, 1.807) is 24.7 Å². The highest BCUT2D eigenvalue weighted by molar-refractivity contribution is 7.84. The van der Waals surface area contributed by atoms with Gasteiger partial charge in [0.25, 0.3) is 0 Å². The van der Waals surface area contributed by atoms with Crippen LogP contribution in [-0.4, -0.2) is 37.0 Å². The second-order valence-electron chi connectivity index (χ2n) is 4.36. The Labute approximate surface area is 124 Å². The summed E-state index contributed by atoms with van der Waals surface area (Å²) >= 11 is 0. The number of hydrogen-bond donors (Lipinski definition) is 1. The molecule has 0 saturated heterocycles. The van der Waals surface area contributed by atoms with Crippen LogP contribution in [0.3, 0.4) is 0 Å². The van der Waals surface area contributed by atoms with Gasteiger partial charge in [0, 0.05) is 24.2 Å². The molecule has 0 amide bonds. The topological polar surface area (TPSA) is 80.8 Å². The fourth-order valence-corrected chi connectivity index (χ4v) is 2.82. The largest absolute Gasteiger partial charge is 0.494 e. The van der Waals surface area contributed by atoms with Gasteiger partial charge in [0.2, 0.25) is 0 Å². The van der Waals surface area contributed by atoms with Gasteiger partial charge in [-0.2, -0.15) is 0 Å². The molecule has 3 aromatic rings. The average Bonchev–Trinajstić information content (AvgIpc) is 2.91. The molecule has 7 heteroatoms. The molecule has 0 spiro atoms. The van der Waals surface area contributed by atoms with Gasteiger partial charge >= 0.3 is 0 Å². The Balaban J connectivity index is 2.14. The van der Waals surface area contributed by atoms with Crippen molar-refractivity contribution in [1.29, 1.82) is 0 Å². The second-order valence-corrected chi connectivity index (χ2v) is 5.71. The maximum Gasteiger partial charge on any atom is 0.197 e. The minimum atomic E-state index is -1.16. The van der Waals surface area contributed by atoms with E-state index in [9.17, 15) is 4.21 Å². The lowest BCUT2D eigenvalue weighted by molar-refractivity contribution is 0.339. The molecule has 0 aliphatic carbocycles. The molecule has 0 saturated carbocycles. The molecule has 0 bridgehead atoms. The average molecular weight is 302 g/mol. The van der Waals surface area contributed by atoms with Crippen LogP contribution < -0.4 is 4.74 Å². The Morgan fingerprint density at radius 1 is 1.29 bits per heavy atom. The molecule has 2 aromatic heterocycles. The van der Waals surface area contributed by atoms with E-state index in [2.05, 4.69) is 19.9 Å². The van der Waals surface area contributed by atoms with E-state index in [1.165, 1.54) is 0 Å². The fraction of sp³-hybridized carbons (Fsp3) is 0.214. The highest BCUT2D eigenvalue weighted by Crippen LogP contribution is 2.28. The normalized spacial score (nSPS) is 12.5. The molecule has 1 atom stereocenters. The van der Waals surface area contributed by atoms with E-state index < -0.39 is 10.8 Å². The smallest absolute Gasteiger partial charge is 0.197 e. The molecule has 0 radical (unpaired) electrons. The summed E-state index contributed by atoms with van der Waals surface area (Å²) in [4.78, 5) is 16.5. The molecule has 1 N–H and O–H groups in total. The third-order valence-corrected chi connectivity index (χ3v) is 3.92. The van der Waals surface area contributed by atoms with E-state index >= 15 is 0 Å². The second kappa shape index (κ2) is 5.61. The van der Waals surface area contributed by atoms with Crippen molar-refractivity contribution in [3.05, 3.63) is 30.6 Å². The summed E-state index contributed by atoms with van der Waals surface area (Å²) < 4.78 is 17.5. The van der Waals surface area contributed by atoms with E-state index in [4.69, 9.17) is 4.74 Å². The highest BCUT2D eigenvalue weighted by atomic mass is 32.2. The SMILES string of the molecule is CCOc1ccc(-c2nc3nccnc3[nH]2)c(S(C)=O)c1. The number of H-pyrrole nitrogens is 1. The van der Waals surface area contributed by atoms with Gasteiger partial charge in [-0.15, -0.1) is 0 Å². The molecule has 6 nitrogen and oxygen atoms in total. The van der Waals surface area contributed by atoms with Crippen molar-refractivity contribution in [3.8, 4) is 17.1 Å². The first-order chi connectivity index (χ1) is 10.2. The lowest BCUT2D eigenvalue weighted by Gasteiger charge is -2.08. The zero-order chi connectivity index (χ0) is 14.8. The molecule has 2 heterocycles. The zero-order valence-electron chi connectivity index (χ0n) is 11.7. The minimum Gasteiger partial charge on any atom is -0.494 e. The van der Waals surface area contributed by atoms with Crippen LogP contribution >= 0.6 is 0 Å². The van der Waals surface area contributed by atoms with Crippen LogP contribution in [0, 0.1) is 0 Å². The molecule has 108 valence electrons. The van der Waals surface area contributed by atoms with E-state index in [0.29, 0.717) is 34.4 Å². The monoisotopic (exact) mass is 302 g/mol. The number of imidazole rings is 1. The van der Waals surface area contributed by atoms with Crippen molar-refractivity contribution in [1.82, 2.24) is 19.9 Å². The van der Waals surface area contributed by atoms with Gasteiger partial charge in [-0.1, -0.05) is 0 Å². The number of fused-ring (bicyclic) bond motifs is 1. The van der Waals surface area contributed by atoms with Crippen LogP contribution in [0.4, 0.5) is 0 Å². The van der Waals surface area contributed by atoms with Crippen molar-refractivity contribution in [2.45, 2.75) is 11.8 Å². The van der Waals surface area contributed by atoms with E-state index in [1.807, 2.05) is 19.1 Å². The summed E-state index contributed by atoms with van der Waals surface area (Å²) in [6.45, 7) is 2.47. The van der Waals surface area contributed by atoms with Crippen molar-refractivity contribution < 1.29 is 8.95 Å². The number of hydrogen-bond acceptors (Lipinski definition) is 5. The predicted octanol–water partition coefficient (Wildman–Crippen LogP) is 2.16. The molecule has 0 aliphatic heterocycles. The molecule has 21 heavy (non-hydrogen) atoms. The number of aromatic nitrogens is 4. The summed E-state index contributed by atoms with van der Waals surface area (Å²) in [7, 11) is -1.16. The maximum atomic E-state index is 12.0. The number of aromatic amines is 1. The van der Waals surface area contributed by atoms with Crippen molar-refractivity contribution in [3.63, 3.8) is 0 Å². The third kappa shape index (κ3) is 2.64. The van der Waals surface area contributed by atoms with Crippen molar-refractivity contribution in [2.75, 3.05) is 12.9 Å². The molecule has 0 aliphatic rings. The summed E-state index contributed by atoms with van der Waals surface area (Å²) in [5.74, 6) is 1.29. The first kappa shape index (κ1) is 13.7. The number of ether oxygens (including phenoxy) is 1. The first-order valence-corrected chi connectivity index (χ1v) is 8.02. The summed E-state index contributed by atoms with van der Waals surface area (Å²) in [6, 6.07) is 5.46. The van der Waals surface area contributed by atoms with Gasteiger partial charge in [0.1, 0.15) is 11.6 Å². The van der Waals surface area contributed by atoms with Crippen LogP contribution in [0.2, 0.25) is 0 Å². The van der Waals surface area contributed by atoms with Gasteiger partial charge in [-0.05, 0) is 25.1 Å². The fourth-order valence-electron chi connectivity index (χ4n) is 2.07. The van der Waals surface area contributed by atoms with Crippen molar-refractivity contribution >= 4 is 22.1 Å². The van der Waals surface area contributed by atoms with E-state index in [0.717, 1.165) is 5.56 Å².